The Labute approximate surface area is 136 Å². The van der Waals surface area contributed by atoms with Crippen LogP contribution < -0.4 is 5.32 Å². The van der Waals surface area contributed by atoms with Crippen molar-refractivity contribution in [3.63, 3.8) is 0 Å². The second-order valence-corrected chi connectivity index (χ2v) is 5.89. The highest BCUT2D eigenvalue weighted by atomic mass is 19.1. The molecule has 5 heteroatoms. The molecule has 0 aliphatic heterocycles. The molecular formula is C18H23FN2O2. The zero-order chi connectivity index (χ0) is 17.0. The molecule has 1 heterocycles. The first-order valence-corrected chi connectivity index (χ1v) is 7.68. The maximum absolute atomic E-state index is 13.0. The van der Waals surface area contributed by atoms with Crippen molar-refractivity contribution in [2.45, 2.75) is 39.4 Å². The number of likely N-dealkylation sites (N-methyl/N-ethyl adjacent to an activating group) is 1. The molecule has 1 N–H and O–H groups in total. The van der Waals surface area contributed by atoms with Crippen LogP contribution in [0.25, 0.3) is 0 Å². The van der Waals surface area contributed by atoms with Crippen LogP contribution in [0.2, 0.25) is 0 Å². The maximum Gasteiger partial charge on any atom is 0.237 e. The van der Waals surface area contributed by atoms with Crippen LogP contribution in [0, 0.1) is 12.7 Å². The largest absolute Gasteiger partial charge is 0.465 e. The van der Waals surface area contributed by atoms with E-state index in [0.29, 0.717) is 6.54 Å². The van der Waals surface area contributed by atoms with Crippen LogP contribution in [0.15, 0.2) is 40.8 Å². The quantitative estimate of drug-likeness (QED) is 0.887. The summed E-state index contributed by atoms with van der Waals surface area (Å²) in [6.45, 7) is 6.19. The fraction of sp³-hybridized carbons (Fsp3) is 0.389. The molecule has 0 radical (unpaired) electrons. The van der Waals surface area contributed by atoms with Crippen molar-refractivity contribution in [1.29, 1.82) is 0 Å². The Morgan fingerprint density at radius 2 is 1.87 bits per heavy atom. The molecule has 2 aromatic rings. The number of carbonyl (C=O) groups excluding carboxylic acids is 1. The highest BCUT2D eigenvalue weighted by Crippen LogP contribution is 2.14. The zero-order valence-corrected chi connectivity index (χ0v) is 14.0. The third-order valence-corrected chi connectivity index (χ3v) is 3.97. The van der Waals surface area contributed by atoms with Gasteiger partial charge in [0.2, 0.25) is 5.91 Å². The minimum absolute atomic E-state index is 0.0763. The molecule has 0 aliphatic rings. The highest BCUT2D eigenvalue weighted by molar-refractivity contribution is 5.81. The average Bonchev–Trinajstić information content (AvgIpc) is 2.92. The number of halogens is 1. The molecule has 2 rings (SSSR count). The molecule has 124 valence electrons. The number of nitrogens with zero attached hydrogens (tertiary/aromatic N) is 1. The SMILES string of the molecule is Cc1ccc(CN(C)[C@@H](C)C(=O)N[C@H](C)c2ccc(F)cc2)o1. The molecular weight excluding hydrogens is 295 g/mol. The van der Waals surface area contributed by atoms with E-state index in [1.165, 1.54) is 12.1 Å². The van der Waals surface area contributed by atoms with Crippen molar-refractivity contribution < 1.29 is 13.6 Å². The van der Waals surface area contributed by atoms with Gasteiger partial charge in [-0.3, -0.25) is 9.69 Å². The molecule has 0 unspecified atom stereocenters. The Morgan fingerprint density at radius 3 is 2.43 bits per heavy atom. The molecule has 0 saturated heterocycles. The van der Waals surface area contributed by atoms with E-state index < -0.39 is 0 Å². The van der Waals surface area contributed by atoms with E-state index in [0.717, 1.165) is 17.1 Å². The summed E-state index contributed by atoms with van der Waals surface area (Å²) in [5.41, 5.74) is 0.872. The molecule has 4 nitrogen and oxygen atoms in total. The fourth-order valence-electron chi connectivity index (χ4n) is 2.32. The van der Waals surface area contributed by atoms with Crippen molar-refractivity contribution in [1.82, 2.24) is 10.2 Å². The molecule has 1 aromatic heterocycles. The van der Waals surface area contributed by atoms with E-state index in [9.17, 15) is 9.18 Å². The maximum atomic E-state index is 13.0. The molecule has 0 fully saturated rings. The number of nitrogens with one attached hydrogen (secondary N) is 1. The van der Waals surface area contributed by atoms with Crippen molar-refractivity contribution in [3.8, 4) is 0 Å². The van der Waals surface area contributed by atoms with Gasteiger partial charge in [-0.15, -0.1) is 0 Å². The van der Waals surface area contributed by atoms with Gasteiger partial charge in [-0.2, -0.15) is 0 Å². The monoisotopic (exact) mass is 318 g/mol. The molecule has 0 bridgehead atoms. The number of aryl methyl sites for hydroxylation is 1. The first-order valence-electron chi connectivity index (χ1n) is 7.68. The van der Waals surface area contributed by atoms with Gasteiger partial charge >= 0.3 is 0 Å². The fourth-order valence-corrected chi connectivity index (χ4v) is 2.32. The topological polar surface area (TPSA) is 45.5 Å². The standard InChI is InChI=1S/C18H23FN2O2/c1-12-5-10-17(23-12)11-21(4)14(3)18(22)20-13(2)15-6-8-16(19)9-7-15/h5-10,13-14H,11H2,1-4H3,(H,20,22)/t13-,14+/m1/s1. The second kappa shape index (κ2) is 7.42. The molecule has 23 heavy (non-hydrogen) atoms. The van der Waals surface area contributed by atoms with Gasteiger partial charge in [0.15, 0.2) is 0 Å². The molecule has 0 spiro atoms. The zero-order valence-electron chi connectivity index (χ0n) is 14.0. The number of hydrogen-bond acceptors (Lipinski definition) is 3. The summed E-state index contributed by atoms with van der Waals surface area (Å²) >= 11 is 0. The predicted octanol–water partition coefficient (Wildman–Crippen LogP) is 3.42. The lowest BCUT2D eigenvalue weighted by Crippen LogP contribution is -2.43. The van der Waals surface area contributed by atoms with Crippen molar-refractivity contribution in [2.24, 2.45) is 0 Å². The van der Waals surface area contributed by atoms with Crippen molar-refractivity contribution in [2.75, 3.05) is 7.05 Å². The van der Waals surface area contributed by atoms with Crippen LogP contribution in [0.5, 0.6) is 0 Å². The predicted molar refractivity (Wildman–Crippen MR) is 87.3 cm³/mol. The Bertz CT molecular complexity index is 651. The second-order valence-electron chi connectivity index (χ2n) is 5.89. The Morgan fingerprint density at radius 1 is 1.22 bits per heavy atom. The number of hydrogen-bond donors (Lipinski definition) is 1. The summed E-state index contributed by atoms with van der Waals surface area (Å²) in [5.74, 6) is 1.33. The third kappa shape index (κ3) is 4.66. The van der Waals surface area contributed by atoms with Gasteiger partial charge in [0, 0.05) is 0 Å². The van der Waals surface area contributed by atoms with Crippen molar-refractivity contribution in [3.05, 3.63) is 59.3 Å². The minimum atomic E-state index is -0.302. The van der Waals surface area contributed by atoms with E-state index in [4.69, 9.17) is 4.42 Å². The van der Waals surface area contributed by atoms with Crippen LogP contribution in [0.3, 0.4) is 0 Å². The Balaban J connectivity index is 1.92. The van der Waals surface area contributed by atoms with E-state index in [1.807, 2.05) is 44.9 Å². The first kappa shape index (κ1) is 17.2. The molecule has 2 atom stereocenters. The lowest BCUT2D eigenvalue weighted by atomic mass is 10.1. The summed E-state index contributed by atoms with van der Waals surface area (Å²) in [5, 5.41) is 2.95. The van der Waals surface area contributed by atoms with Crippen LogP contribution in [-0.2, 0) is 11.3 Å². The van der Waals surface area contributed by atoms with E-state index in [2.05, 4.69) is 5.32 Å². The van der Waals surface area contributed by atoms with Gasteiger partial charge < -0.3 is 9.73 Å². The number of benzene rings is 1. The van der Waals surface area contributed by atoms with Crippen LogP contribution in [-0.4, -0.2) is 23.9 Å². The number of amides is 1. The summed E-state index contributed by atoms with van der Waals surface area (Å²) in [7, 11) is 1.88. The van der Waals surface area contributed by atoms with Gasteiger partial charge in [-0.25, -0.2) is 4.39 Å². The molecule has 0 saturated carbocycles. The van der Waals surface area contributed by atoms with E-state index in [-0.39, 0.29) is 23.8 Å². The normalized spacial score (nSPS) is 13.8. The number of furan rings is 1. The van der Waals surface area contributed by atoms with Gasteiger partial charge in [0.25, 0.3) is 0 Å². The Hall–Kier alpha value is -2.14. The minimum Gasteiger partial charge on any atom is -0.465 e. The first-order chi connectivity index (χ1) is 10.9. The van der Waals surface area contributed by atoms with Crippen molar-refractivity contribution >= 4 is 5.91 Å². The number of carbonyl (C=O) groups is 1. The van der Waals surface area contributed by atoms with Crippen LogP contribution >= 0.6 is 0 Å². The highest BCUT2D eigenvalue weighted by Gasteiger charge is 2.21. The van der Waals surface area contributed by atoms with Crippen LogP contribution in [0.1, 0.15) is 37.0 Å². The molecule has 1 amide bonds. The average molecular weight is 318 g/mol. The lowest BCUT2D eigenvalue weighted by Gasteiger charge is -2.25. The molecule has 1 aromatic carbocycles. The van der Waals surface area contributed by atoms with E-state index >= 15 is 0 Å². The smallest absolute Gasteiger partial charge is 0.237 e. The summed E-state index contributed by atoms with van der Waals surface area (Å²) in [6.07, 6.45) is 0. The summed E-state index contributed by atoms with van der Waals surface area (Å²) < 4.78 is 18.5. The van der Waals surface area contributed by atoms with Gasteiger partial charge in [0.05, 0.1) is 18.6 Å². The van der Waals surface area contributed by atoms with Gasteiger partial charge in [-0.1, -0.05) is 12.1 Å². The van der Waals surface area contributed by atoms with Crippen LogP contribution in [0.4, 0.5) is 4.39 Å². The Kier molecular flexibility index (Phi) is 5.55. The third-order valence-electron chi connectivity index (χ3n) is 3.97. The summed E-state index contributed by atoms with van der Waals surface area (Å²) in [4.78, 5) is 14.3. The van der Waals surface area contributed by atoms with E-state index in [1.54, 1.807) is 12.1 Å². The molecule has 0 aliphatic carbocycles. The van der Waals surface area contributed by atoms with Gasteiger partial charge in [-0.05, 0) is 57.6 Å². The number of rotatable bonds is 6. The summed E-state index contributed by atoms with van der Waals surface area (Å²) in [6, 6.07) is 9.50. The van der Waals surface area contributed by atoms with Gasteiger partial charge in [0.1, 0.15) is 17.3 Å². The lowest BCUT2D eigenvalue weighted by molar-refractivity contribution is -0.126.